The molecule has 0 radical (unpaired) electrons. The van der Waals surface area contributed by atoms with Gasteiger partial charge in [-0.3, -0.25) is 10.3 Å². The normalized spacial score (nSPS) is 10.5. The Hall–Kier alpha value is -4.26. The Labute approximate surface area is 191 Å². The van der Waals surface area contributed by atoms with Crippen molar-refractivity contribution in [3.63, 3.8) is 0 Å². The molecule has 1 amide bonds. The van der Waals surface area contributed by atoms with Crippen LogP contribution in [0.25, 0.3) is 10.9 Å². The maximum absolute atomic E-state index is 12.3. The third-order valence-electron chi connectivity index (χ3n) is 5.35. The number of fused-ring (bicyclic) bond motifs is 1. The van der Waals surface area contributed by atoms with Gasteiger partial charge in [0.25, 0.3) is 0 Å². The van der Waals surface area contributed by atoms with Crippen molar-refractivity contribution < 1.29 is 23.7 Å². The van der Waals surface area contributed by atoms with Gasteiger partial charge in [-0.25, -0.2) is 4.79 Å². The maximum Gasteiger partial charge on any atom is 0.417 e. The van der Waals surface area contributed by atoms with Gasteiger partial charge in [0.15, 0.2) is 11.5 Å². The number of nitrogens with zero attached hydrogens (tertiary/aromatic N) is 1. The summed E-state index contributed by atoms with van der Waals surface area (Å²) in [5.41, 5.74) is 3.13. The first-order chi connectivity index (χ1) is 16.0. The van der Waals surface area contributed by atoms with Gasteiger partial charge in [0, 0.05) is 23.3 Å². The minimum absolute atomic E-state index is 0.473. The molecule has 168 valence electrons. The number of aromatic nitrogens is 1. The monoisotopic (exact) mass is 444 g/mol. The van der Waals surface area contributed by atoms with Crippen LogP contribution in [0.3, 0.4) is 0 Å². The first-order valence-corrected chi connectivity index (χ1v) is 10.3. The van der Waals surface area contributed by atoms with Gasteiger partial charge in [0.2, 0.25) is 0 Å². The minimum Gasteiger partial charge on any atom is -0.493 e. The zero-order valence-corrected chi connectivity index (χ0v) is 18.8. The van der Waals surface area contributed by atoms with Crippen molar-refractivity contribution in [1.82, 2.24) is 4.98 Å². The Morgan fingerprint density at radius 1 is 0.818 bits per heavy atom. The minimum atomic E-state index is -0.557. The second kappa shape index (κ2) is 9.48. The van der Waals surface area contributed by atoms with Crippen LogP contribution in [0.5, 0.6) is 28.7 Å². The fourth-order valence-electron chi connectivity index (χ4n) is 3.43. The summed E-state index contributed by atoms with van der Waals surface area (Å²) >= 11 is 0. The highest BCUT2D eigenvalue weighted by molar-refractivity contribution is 5.89. The van der Waals surface area contributed by atoms with Gasteiger partial charge in [0.1, 0.15) is 17.2 Å². The number of carbonyl (C=O) groups excluding carboxylic acids is 1. The fourth-order valence-corrected chi connectivity index (χ4v) is 3.43. The van der Waals surface area contributed by atoms with Crippen molar-refractivity contribution in [2.24, 2.45) is 0 Å². The van der Waals surface area contributed by atoms with Crippen LogP contribution in [0.2, 0.25) is 0 Å². The smallest absolute Gasteiger partial charge is 0.417 e. The summed E-state index contributed by atoms with van der Waals surface area (Å²) in [6, 6.07) is 18.0. The Morgan fingerprint density at radius 2 is 1.55 bits per heavy atom. The van der Waals surface area contributed by atoms with Gasteiger partial charge in [-0.1, -0.05) is 18.2 Å². The second-order valence-corrected chi connectivity index (χ2v) is 7.32. The SMILES string of the molecule is COc1cc2nccc(Oc3ccc(NC(=O)Oc4ccccc4)c(C)c3C)c2cc1OC. The van der Waals surface area contributed by atoms with E-state index in [2.05, 4.69) is 10.3 Å². The summed E-state index contributed by atoms with van der Waals surface area (Å²) < 4.78 is 22.4. The summed E-state index contributed by atoms with van der Waals surface area (Å²) in [5.74, 6) is 2.96. The molecule has 7 heteroatoms. The second-order valence-electron chi connectivity index (χ2n) is 7.32. The number of hydrogen-bond donors (Lipinski definition) is 1. The van der Waals surface area contributed by atoms with Gasteiger partial charge in [-0.2, -0.15) is 0 Å². The van der Waals surface area contributed by atoms with Crippen LogP contribution in [0.15, 0.2) is 66.9 Å². The molecular weight excluding hydrogens is 420 g/mol. The lowest BCUT2D eigenvalue weighted by atomic mass is 10.1. The molecule has 1 heterocycles. The third-order valence-corrected chi connectivity index (χ3v) is 5.35. The fraction of sp³-hybridized carbons (Fsp3) is 0.154. The van der Waals surface area contributed by atoms with Gasteiger partial charge in [-0.15, -0.1) is 0 Å². The number of pyridine rings is 1. The number of benzene rings is 3. The van der Waals surface area contributed by atoms with Gasteiger partial charge in [-0.05, 0) is 61.4 Å². The highest BCUT2D eigenvalue weighted by atomic mass is 16.6. The highest BCUT2D eigenvalue weighted by Gasteiger charge is 2.15. The molecule has 0 saturated heterocycles. The summed E-state index contributed by atoms with van der Waals surface area (Å²) in [4.78, 5) is 16.7. The van der Waals surface area contributed by atoms with E-state index in [4.69, 9.17) is 18.9 Å². The predicted molar refractivity (Wildman–Crippen MR) is 127 cm³/mol. The first-order valence-electron chi connectivity index (χ1n) is 10.3. The van der Waals surface area contributed by atoms with E-state index in [0.717, 1.165) is 22.0 Å². The van der Waals surface area contributed by atoms with Crippen LogP contribution in [-0.2, 0) is 0 Å². The average molecular weight is 444 g/mol. The lowest BCUT2D eigenvalue weighted by Crippen LogP contribution is -2.17. The number of amides is 1. The van der Waals surface area contributed by atoms with E-state index in [9.17, 15) is 4.79 Å². The molecule has 0 aliphatic heterocycles. The maximum atomic E-state index is 12.3. The number of anilines is 1. The number of hydrogen-bond acceptors (Lipinski definition) is 6. The number of para-hydroxylation sites is 1. The molecule has 0 aliphatic carbocycles. The van der Waals surface area contributed by atoms with Crippen molar-refractivity contribution in [1.29, 1.82) is 0 Å². The van der Waals surface area contributed by atoms with Crippen molar-refractivity contribution in [3.8, 4) is 28.7 Å². The Kier molecular flexibility index (Phi) is 6.31. The van der Waals surface area contributed by atoms with Crippen LogP contribution in [0, 0.1) is 13.8 Å². The predicted octanol–water partition coefficient (Wildman–Crippen LogP) is 6.27. The largest absolute Gasteiger partial charge is 0.493 e. The molecule has 1 N–H and O–H groups in total. The molecule has 4 aromatic rings. The molecule has 0 unspecified atom stereocenters. The molecule has 33 heavy (non-hydrogen) atoms. The van der Waals surface area contributed by atoms with E-state index >= 15 is 0 Å². The van der Waals surface area contributed by atoms with E-state index in [0.29, 0.717) is 34.4 Å². The van der Waals surface area contributed by atoms with Crippen LogP contribution < -0.4 is 24.3 Å². The van der Waals surface area contributed by atoms with Crippen LogP contribution in [0.4, 0.5) is 10.5 Å². The average Bonchev–Trinajstić information content (AvgIpc) is 2.83. The standard InChI is InChI=1S/C26H24N2O5/c1-16-17(2)22(11-10-20(16)28-26(29)32-18-8-6-5-7-9-18)33-23-12-13-27-21-15-25(31-4)24(30-3)14-19(21)23/h5-15H,1-4H3,(H,28,29). The third kappa shape index (κ3) is 4.67. The zero-order chi connectivity index (χ0) is 23.4. The van der Waals surface area contributed by atoms with Crippen molar-refractivity contribution in [2.45, 2.75) is 13.8 Å². The van der Waals surface area contributed by atoms with Crippen LogP contribution in [-0.4, -0.2) is 25.3 Å². The lowest BCUT2D eigenvalue weighted by molar-refractivity contribution is 0.215. The molecule has 0 atom stereocenters. The topological polar surface area (TPSA) is 78.9 Å². The van der Waals surface area contributed by atoms with Gasteiger partial charge < -0.3 is 18.9 Å². The number of methoxy groups -OCH3 is 2. The molecule has 3 aromatic carbocycles. The molecule has 7 nitrogen and oxygen atoms in total. The summed E-state index contributed by atoms with van der Waals surface area (Å²) in [7, 11) is 3.17. The summed E-state index contributed by atoms with van der Waals surface area (Å²) in [6.07, 6.45) is 1.12. The van der Waals surface area contributed by atoms with E-state index in [1.54, 1.807) is 56.8 Å². The van der Waals surface area contributed by atoms with Crippen LogP contribution >= 0.6 is 0 Å². The Balaban J connectivity index is 1.59. The summed E-state index contributed by atoms with van der Waals surface area (Å²) in [6.45, 7) is 3.85. The molecule has 1 aromatic heterocycles. The Bertz CT molecular complexity index is 1310. The number of nitrogens with one attached hydrogen (secondary N) is 1. The van der Waals surface area contributed by atoms with E-state index < -0.39 is 6.09 Å². The molecule has 4 rings (SSSR count). The van der Waals surface area contributed by atoms with E-state index in [1.807, 2.05) is 38.1 Å². The molecular formula is C26H24N2O5. The molecule has 0 aliphatic rings. The number of rotatable bonds is 6. The van der Waals surface area contributed by atoms with E-state index in [1.165, 1.54) is 0 Å². The molecule has 0 bridgehead atoms. The summed E-state index contributed by atoms with van der Waals surface area (Å²) in [5, 5.41) is 3.58. The quantitative estimate of drug-likeness (QED) is 0.377. The van der Waals surface area contributed by atoms with Gasteiger partial charge >= 0.3 is 6.09 Å². The van der Waals surface area contributed by atoms with E-state index in [-0.39, 0.29) is 0 Å². The van der Waals surface area contributed by atoms with Crippen molar-refractivity contribution >= 4 is 22.7 Å². The van der Waals surface area contributed by atoms with Gasteiger partial charge in [0.05, 0.1) is 19.7 Å². The highest BCUT2D eigenvalue weighted by Crippen LogP contribution is 2.38. The molecule has 0 spiro atoms. The van der Waals surface area contributed by atoms with Crippen molar-refractivity contribution in [3.05, 3.63) is 78.0 Å². The molecule has 0 saturated carbocycles. The number of carbonyl (C=O) groups is 1. The lowest BCUT2D eigenvalue weighted by Gasteiger charge is -2.16. The first kappa shape index (κ1) is 22.0. The van der Waals surface area contributed by atoms with Crippen LogP contribution in [0.1, 0.15) is 11.1 Å². The molecule has 0 fully saturated rings. The number of ether oxygens (including phenoxy) is 4. The Morgan fingerprint density at radius 3 is 2.27 bits per heavy atom. The van der Waals surface area contributed by atoms with Crippen molar-refractivity contribution in [2.75, 3.05) is 19.5 Å². The zero-order valence-electron chi connectivity index (χ0n) is 18.8.